The first-order valence-corrected chi connectivity index (χ1v) is 12.0. The second kappa shape index (κ2) is 10.8. The third-order valence-corrected chi connectivity index (χ3v) is 6.69. The number of methoxy groups -OCH3 is 1. The van der Waals surface area contributed by atoms with E-state index in [0.29, 0.717) is 5.75 Å². The predicted molar refractivity (Wildman–Crippen MR) is 136 cm³/mol. The molecule has 0 radical (unpaired) electrons. The van der Waals surface area contributed by atoms with Crippen molar-refractivity contribution in [2.24, 2.45) is 4.99 Å². The van der Waals surface area contributed by atoms with E-state index in [1.54, 1.807) is 7.11 Å². The monoisotopic (exact) mass is 506 g/mol. The van der Waals surface area contributed by atoms with Gasteiger partial charge >= 0.3 is 0 Å². The van der Waals surface area contributed by atoms with Gasteiger partial charge in [0.25, 0.3) is 0 Å². The second-order valence-corrected chi connectivity index (χ2v) is 8.90. The summed E-state index contributed by atoms with van der Waals surface area (Å²) in [6, 6.07) is 26.4. The van der Waals surface area contributed by atoms with Crippen LogP contribution in [-0.4, -0.2) is 61.2 Å². The van der Waals surface area contributed by atoms with Gasteiger partial charge in [-0.15, -0.1) is 0 Å². The Balaban J connectivity index is 1.63. The number of nitrogens with zero attached hydrogens (tertiary/aromatic N) is 2. The molecule has 5 rings (SSSR count). The molecule has 2 heterocycles. The Morgan fingerprint density at radius 3 is 2.11 bits per heavy atom. The minimum Gasteiger partial charge on any atom is -0.497 e. The molecule has 8 heteroatoms. The lowest BCUT2D eigenvalue weighted by atomic mass is 9.79. The summed E-state index contributed by atoms with van der Waals surface area (Å²) in [5.74, 6) is 0.0622. The van der Waals surface area contributed by atoms with Gasteiger partial charge in [0, 0.05) is 6.20 Å². The Hall–Kier alpha value is -3.59. The van der Waals surface area contributed by atoms with Crippen LogP contribution in [0.2, 0.25) is 0 Å². The molecule has 0 amide bonds. The van der Waals surface area contributed by atoms with Gasteiger partial charge < -0.3 is 24.2 Å². The van der Waals surface area contributed by atoms with Gasteiger partial charge in [0.15, 0.2) is 18.2 Å². The van der Waals surface area contributed by atoms with Crippen molar-refractivity contribution in [3.63, 3.8) is 0 Å². The fraction of sp³-hybridized carbons (Fsp3) is 0.276. The molecule has 0 bridgehead atoms. The number of hydrogen-bond acceptors (Lipinski definition) is 6. The van der Waals surface area contributed by atoms with Crippen molar-refractivity contribution in [3.8, 4) is 5.75 Å². The van der Waals surface area contributed by atoms with Gasteiger partial charge in [0.2, 0.25) is 0 Å². The summed E-state index contributed by atoms with van der Waals surface area (Å²) in [5.41, 5.74) is 1.03. The van der Waals surface area contributed by atoms with Crippen molar-refractivity contribution in [1.82, 2.24) is 4.90 Å². The lowest BCUT2D eigenvalue weighted by Gasteiger charge is -2.39. The summed E-state index contributed by atoms with van der Waals surface area (Å²) in [5, 5.41) is 10.2. The highest BCUT2D eigenvalue weighted by Gasteiger charge is 2.52. The molecule has 3 aromatic carbocycles. The number of halogens is 2. The molecule has 1 fully saturated rings. The van der Waals surface area contributed by atoms with Crippen LogP contribution in [-0.2, 0) is 15.1 Å². The average Bonchev–Trinajstić information content (AvgIpc) is 3.27. The van der Waals surface area contributed by atoms with Gasteiger partial charge in [-0.25, -0.2) is 8.78 Å². The number of hydrogen-bond donors (Lipinski definition) is 1. The van der Waals surface area contributed by atoms with Gasteiger partial charge in [-0.1, -0.05) is 72.8 Å². The van der Waals surface area contributed by atoms with E-state index < -0.39 is 42.6 Å². The first kappa shape index (κ1) is 25.1. The lowest BCUT2D eigenvalue weighted by molar-refractivity contribution is -0.106. The average molecular weight is 507 g/mol. The van der Waals surface area contributed by atoms with Crippen LogP contribution in [0.3, 0.4) is 0 Å². The Morgan fingerprint density at radius 2 is 1.57 bits per heavy atom. The SMILES string of the molecule is COc1ccc(C(O[C@H]2[C@H](F)[C@H](N3C=C(F)C=NC3)O[C@@H]2CO)(c2ccccc2)c2ccccc2)cc1. The van der Waals surface area contributed by atoms with Crippen LogP contribution < -0.4 is 4.74 Å². The van der Waals surface area contributed by atoms with Crippen molar-refractivity contribution < 1.29 is 28.1 Å². The molecule has 0 aromatic heterocycles. The van der Waals surface area contributed by atoms with Crippen LogP contribution in [0.5, 0.6) is 5.75 Å². The van der Waals surface area contributed by atoms with Crippen LogP contribution in [0.25, 0.3) is 0 Å². The zero-order valence-corrected chi connectivity index (χ0v) is 20.3. The number of allylic oxidation sites excluding steroid dienone is 1. The summed E-state index contributed by atoms with van der Waals surface area (Å²) < 4.78 is 48.1. The molecule has 2 aliphatic rings. The van der Waals surface area contributed by atoms with E-state index in [0.717, 1.165) is 29.1 Å². The fourth-order valence-electron chi connectivity index (χ4n) is 4.94. The quantitative estimate of drug-likeness (QED) is 0.453. The highest BCUT2D eigenvalue weighted by Crippen LogP contribution is 2.45. The first-order chi connectivity index (χ1) is 18.1. The number of ether oxygens (including phenoxy) is 3. The van der Waals surface area contributed by atoms with E-state index in [-0.39, 0.29) is 6.67 Å². The number of aliphatic hydroxyl groups excluding tert-OH is 1. The smallest absolute Gasteiger partial charge is 0.173 e. The van der Waals surface area contributed by atoms with Crippen molar-refractivity contribution >= 4 is 6.21 Å². The summed E-state index contributed by atoms with van der Waals surface area (Å²) in [6.45, 7) is -0.447. The number of aliphatic hydroxyl groups is 1. The third kappa shape index (κ3) is 4.75. The summed E-state index contributed by atoms with van der Waals surface area (Å²) in [4.78, 5) is 5.26. The molecule has 0 unspecified atom stereocenters. The number of benzene rings is 3. The van der Waals surface area contributed by atoms with E-state index in [4.69, 9.17) is 14.2 Å². The molecular weight excluding hydrogens is 478 g/mol. The van der Waals surface area contributed by atoms with Crippen LogP contribution in [0.4, 0.5) is 8.78 Å². The predicted octanol–water partition coefficient (Wildman–Crippen LogP) is 4.58. The second-order valence-electron chi connectivity index (χ2n) is 8.90. The minimum absolute atomic E-state index is 0.0321. The highest BCUT2D eigenvalue weighted by atomic mass is 19.1. The van der Waals surface area contributed by atoms with Gasteiger partial charge in [0.1, 0.15) is 30.2 Å². The topological polar surface area (TPSA) is 63.5 Å². The number of alkyl halides is 1. The van der Waals surface area contributed by atoms with E-state index in [9.17, 15) is 9.50 Å². The molecule has 1 saturated heterocycles. The van der Waals surface area contributed by atoms with E-state index in [1.807, 2.05) is 84.9 Å². The van der Waals surface area contributed by atoms with E-state index >= 15 is 4.39 Å². The van der Waals surface area contributed by atoms with Gasteiger partial charge in [-0.2, -0.15) is 0 Å². The van der Waals surface area contributed by atoms with Crippen molar-refractivity contribution in [2.45, 2.75) is 30.2 Å². The Bertz CT molecular complexity index is 1200. The van der Waals surface area contributed by atoms with E-state index in [2.05, 4.69) is 4.99 Å². The molecule has 3 aromatic rings. The molecule has 0 saturated carbocycles. The largest absolute Gasteiger partial charge is 0.497 e. The number of rotatable bonds is 8. The molecule has 1 N–H and O–H groups in total. The first-order valence-electron chi connectivity index (χ1n) is 12.0. The normalized spacial score (nSPS) is 23.7. The van der Waals surface area contributed by atoms with E-state index in [1.165, 1.54) is 4.90 Å². The Labute approximate surface area is 214 Å². The van der Waals surface area contributed by atoms with Gasteiger partial charge in [-0.3, -0.25) is 4.99 Å². The summed E-state index contributed by atoms with van der Waals surface area (Å²) >= 11 is 0. The molecular formula is C29H28F2N2O4. The molecule has 192 valence electrons. The van der Waals surface area contributed by atoms with Crippen LogP contribution in [0.1, 0.15) is 16.7 Å². The van der Waals surface area contributed by atoms with Crippen LogP contribution in [0, 0.1) is 0 Å². The molecule has 6 nitrogen and oxygen atoms in total. The Kier molecular flexibility index (Phi) is 7.32. The maximum atomic E-state index is 16.2. The van der Waals surface area contributed by atoms with Crippen molar-refractivity contribution in [3.05, 3.63) is 114 Å². The third-order valence-electron chi connectivity index (χ3n) is 6.69. The minimum atomic E-state index is -1.71. The zero-order valence-electron chi connectivity index (χ0n) is 20.3. The summed E-state index contributed by atoms with van der Waals surface area (Å²) in [6.07, 6.45) is -2.82. The van der Waals surface area contributed by atoms with Crippen molar-refractivity contribution in [2.75, 3.05) is 20.4 Å². The highest BCUT2D eigenvalue weighted by molar-refractivity contribution is 5.76. The fourth-order valence-corrected chi connectivity index (χ4v) is 4.94. The zero-order chi connectivity index (χ0) is 25.8. The lowest BCUT2D eigenvalue weighted by Crippen LogP contribution is -2.46. The maximum absolute atomic E-state index is 16.2. The number of aliphatic imine (C=N–C) groups is 1. The van der Waals surface area contributed by atoms with Crippen LogP contribution in [0.15, 0.2) is 102 Å². The standard InChI is InChI=1S/C29H28F2N2O4/c1-35-24-14-12-22(13-15-24)29(20-8-4-2-5-9-20,21-10-6-3-7-11-21)37-27-25(18-34)36-28(26(27)31)33-17-23(30)16-32-19-33/h2-17,25-28,34H,18-19H2,1H3/t25-,26+,27-,28-/m1/s1. The van der Waals surface area contributed by atoms with Crippen LogP contribution >= 0.6 is 0 Å². The summed E-state index contributed by atoms with van der Waals surface area (Å²) in [7, 11) is 1.59. The Morgan fingerprint density at radius 1 is 0.973 bits per heavy atom. The molecule has 0 spiro atoms. The molecule has 2 aliphatic heterocycles. The van der Waals surface area contributed by atoms with Gasteiger partial charge in [0.05, 0.1) is 19.9 Å². The van der Waals surface area contributed by atoms with Crippen molar-refractivity contribution in [1.29, 1.82) is 0 Å². The molecule has 0 aliphatic carbocycles. The van der Waals surface area contributed by atoms with Gasteiger partial charge in [-0.05, 0) is 28.8 Å². The maximum Gasteiger partial charge on any atom is 0.173 e. The molecule has 4 atom stereocenters. The molecule has 37 heavy (non-hydrogen) atoms.